The summed E-state index contributed by atoms with van der Waals surface area (Å²) >= 11 is 5.85. The predicted molar refractivity (Wildman–Crippen MR) is 130 cm³/mol. The van der Waals surface area contributed by atoms with Gasteiger partial charge in [-0.1, -0.05) is 23.7 Å². The first-order valence-corrected chi connectivity index (χ1v) is 10.7. The minimum absolute atomic E-state index is 0.223. The maximum atomic E-state index is 12.4. The summed E-state index contributed by atoms with van der Waals surface area (Å²) in [6.45, 7) is 4.00. The van der Waals surface area contributed by atoms with Crippen molar-refractivity contribution in [1.82, 2.24) is 5.43 Å². The summed E-state index contributed by atoms with van der Waals surface area (Å²) in [6.07, 6.45) is 1.34. The zero-order valence-electron chi connectivity index (χ0n) is 18.5. The number of halogens is 1. The maximum absolute atomic E-state index is 12.4. The van der Waals surface area contributed by atoms with Crippen LogP contribution in [0.1, 0.15) is 28.4 Å². The highest BCUT2D eigenvalue weighted by Gasteiger charge is 2.14. The molecule has 0 bridgehead atoms. The fraction of sp³-hybridized carbons (Fsp3) is 0.120. The Bertz CT molecular complexity index is 1230. The number of aryl methyl sites for hydroxylation is 1. The van der Waals surface area contributed by atoms with Gasteiger partial charge >= 0.3 is 17.8 Å². The third-order valence-electron chi connectivity index (χ3n) is 4.41. The highest BCUT2D eigenvalue weighted by Crippen LogP contribution is 2.29. The van der Waals surface area contributed by atoms with E-state index >= 15 is 0 Å². The average Bonchev–Trinajstić information content (AvgIpc) is 2.81. The number of ether oxygens (including phenoxy) is 2. The van der Waals surface area contributed by atoms with E-state index in [-0.39, 0.29) is 5.75 Å². The molecule has 34 heavy (non-hydrogen) atoms. The Labute approximate surface area is 201 Å². The van der Waals surface area contributed by atoms with E-state index in [0.29, 0.717) is 34.2 Å². The number of hydrogen-bond acceptors (Lipinski definition) is 6. The van der Waals surface area contributed by atoms with Gasteiger partial charge in [0.05, 0.1) is 18.4 Å². The van der Waals surface area contributed by atoms with Crippen LogP contribution in [0.25, 0.3) is 0 Å². The first kappa shape index (κ1) is 24.5. The molecule has 0 saturated carbocycles. The van der Waals surface area contributed by atoms with Crippen LogP contribution in [0, 0.1) is 6.92 Å². The minimum Gasteiger partial charge on any atom is -0.490 e. The van der Waals surface area contributed by atoms with Crippen molar-refractivity contribution < 1.29 is 23.9 Å². The van der Waals surface area contributed by atoms with Crippen LogP contribution in [0.2, 0.25) is 5.02 Å². The third-order valence-corrected chi connectivity index (χ3v) is 4.66. The van der Waals surface area contributed by atoms with E-state index in [9.17, 15) is 14.4 Å². The average molecular weight is 480 g/mol. The Hall–Kier alpha value is -4.17. The Morgan fingerprint density at radius 1 is 0.971 bits per heavy atom. The van der Waals surface area contributed by atoms with Gasteiger partial charge in [-0.25, -0.2) is 10.2 Å². The molecule has 0 fully saturated rings. The van der Waals surface area contributed by atoms with Crippen LogP contribution in [0.3, 0.4) is 0 Å². The number of hydrazone groups is 1. The number of esters is 1. The molecule has 0 spiro atoms. The molecule has 0 aromatic heterocycles. The zero-order chi connectivity index (χ0) is 24.5. The molecular weight excluding hydrogens is 458 g/mol. The number of carbonyl (C=O) groups excluding carboxylic acids is 3. The third kappa shape index (κ3) is 6.91. The van der Waals surface area contributed by atoms with Gasteiger partial charge in [0, 0.05) is 10.7 Å². The lowest BCUT2D eigenvalue weighted by Gasteiger charge is -2.11. The Balaban J connectivity index is 1.63. The van der Waals surface area contributed by atoms with Gasteiger partial charge in [-0.15, -0.1) is 0 Å². The summed E-state index contributed by atoms with van der Waals surface area (Å²) in [5.74, 6) is -1.79. The van der Waals surface area contributed by atoms with E-state index in [2.05, 4.69) is 15.8 Å². The van der Waals surface area contributed by atoms with Crippen molar-refractivity contribution in [3.63, 3.8) is 0 Å². The number of amides is 2. The smallest absolute Gasteiger partial charge is 0.343 e. The van der Waals surface area contributed by atoms with Gasteiger partial charge in [0.1, 0.15) is 0 Å². The molecule has 0 heterocycles. The number of hydrogen-bond donors (Lipinski definition) is 2. The first-order chi connectivity index (χ1) is 16.4. The lowest BCUT2D eigenvalue weighted by atomic mass is 10.2. The molecule has 3 aromatic rings. The summed E-state index contributed by atoms with van der Waals surface area (Å²) < 4.78 is 11.0. The molecule has 9 heteroatoms. The number of nitrogens with zero attached hydrogens (tertiary/aromatic N) is 1. The van der Waals surface area contributed by atoms with Crippen molar-refractivity contribution in [1.29, 1.82) is 0 Å². The van der Waals surface area contributed by atoms with Crippen LogP contribution in [-0.2, 0) is 9.59 Å². The first-order valence-electron chi connectivity index (χ1n) is 10.3. The normalized spacial score (nSPS) is 10.6. The largest absolute Gasteiger partial charge is 0.490 e. The van der Waals surface area contributed by atoms with Crippen LogP contribution in [0.15, 0.2) is 71.8 Å². The van der Waals surface area contributed by atoms with E-state index < -0.39 is 17.8 Å². The van der Waals surface area contributed by atoms with E-state index in [4.69, 9.17) is 21.1 Å². The van der Waals surface area contributed by atoms with E-state index in [1.54, 1.807) is 67.6 Å². The monoisotopic (exact) mass is 479 g/mol. The van der Waals surface area contributed by atoms with Crippen molar-refractivity contribution in [3.05, 3.63) is 88.4 Å². The molecule has 0 aliphatic rings. The van der Waals surface area contributed by atoms with E-state index in [1.807, 2.05) is 13.0 Å². The van der Waals surface area contributed by atoms with Crippen molar-refractivity contribution in [3.8, 4) is 11.5 Å². The number of rotatable bonds is 7. The maximum Gasteiger partial charge on any atom is 0.343 e. The molecule has 2 N–H and O–H groups in total. The molecule has 174 valence electrons. The Kier molecular flexibility index (Phi) is 8.37. The molecule has 2 amide bonds. The van der Waals surface area contributed by atoms with Gasteiger partial charge in [0.15, 0.2) is 11.5 Å². The van der Waals surface area contributed by atoms with Gasteiger partial charge in [-0.3, -0.25) is 9.59 Å². The molecule has 0 aliphatic heterocycles. The molecule has 0 radical (unpaired) electrons. The van der Waals surface area contributed by atoms with E-state index in [0.717, 1.165) is 5.56 Å². The molecule has 0 saturated heterocycles. The highest BCUT2D eigenvalue weighted by molar-refractivity contribution is 6.39. The van der Waals surface area contributed by atoms with Gasteiger partial charge in [-0.2, -0.15) is 5.10 Å². The summed E-state index contributed by atoms with van der Waals surface area (Å²) in [5.41, 5.74) is 4.52. The van der Waals surface area contributed by atoms with Crippen LogP contribution in [0.4, 0.5) is 5.69 Å². The van der Waals surface area contributed by atoms with Gasteiger partial charge < -0.3 is 14.8 Å². The molecule has 3 aromatic carbocycles. The van der Waals surface area contributed by atoms with Crippen molar-refractivity contribution in [2.45, 2.75) is 13.8 Å². The predicted octanol–water partition coefficient (Wildman–Crippen LogP) is 4.36. The second kappa shape index (κ2) is 11.6. The molecule has 8 nitrogen and oxygen atoms in total. The second-order valence-corrected chi connectivity index (χ2v) is 7.49. The fourth-order valence-corrected chi connectivity index (χ4v) is 2.96. The summed E-state index contributed by atoms with van der Waals surface area (Å²) in [6, 6.07) is 18.1. The number of anilines is 1. The van der Waals surface area contributed by atoms with Crippen molar-refractivity contribution in [2.75, 3.05) is 11.9 Å². The van der Waals surface area contributed by atoms with Crippen molar-refractivity contribution in [2.24, 2.45) is 5.10 Å². The molecule has 0 unspecified atom stereocenters. The lowest BCUT2D eigenvalue weighted by molar-refractivity contribution is -0.136. The van der Waals surface area contributed by atoms with Gasteiger partial charge in [0.2, 0.25) is 0 Å². The van der Waals surface area contributed by atoms with Crippen LogP contribution in [0.5, 0.6) is 11.5 Å². The summed E-state index contributed by atoms with van der Waals surface area (Å²) in [7, 11) is 0. The van der Waals surface area contributed by atoms with Crippen LogP contribution >= 0.6 is 11.6 Å². The number of benzene rings is 3. The van der Waals surface area contributed by atoms with Crippen LogP contribution in [-0.4, -0.2) is 30.6 Å². The topological polar surface area (TPSA) is 106 Å². The second-order valence-electron chi connectivity index (χ2n) is 7.06. The van der Waals surface area contributed by atoms with Crippen LogP contribution < -0.4 is 20.2 Å². The molecule has 0 atom stereocenters. The molecular formula is C25H22ClN3O5. The van der Waals surface area contributed by atoms with Gasteiger partial charge in [0.25, 0.3) is 0 Å². The Morgan fingerprint density at radius 3 is 2.44 bits per heavy atom. The quantitative estimate of drug-likeness (QED) is 0.172. The lowest BCUT2D eigenvalue weighted by Crippen LogP contribution is -2.32. The van der Waals surface area contributed by atoms with E-state index in [1.165, 1.54) is 6.21 Å². The summed E-state index contributed by atoms with van der Waals surface area (Å²) in [4.78, 5) is 36.4. The Morgan fingerprint density at radius 2 is 1.74 bits per heavy atom. The highest BCUT2D eigenvalue weighted by atomic mass is 35.5. The zero-order valence-corrected chi connectivity index (χ0v) is 19.3. The van der Waals surface area contributed by atoms with Gasteiger partial charge in [-0.05, 0) is 79.6 Å². The molecule has 3 rings (SSSR count). The molecule has 0 aliphatic carbocycles. The summed E-state index contributed by atoms with van der Waals surface area (Å²) in [5, 5.41) is 6.82. The SMILES string of the molecule is CCOc1cc(/C=N\NC(=O)C(=O)Nc2cccc(C)c2)ccc1OC(=O)c1ccc(Cl)cc1. The number of nitrogens with one attached hydrogen (secondary N) is 2. The fourth-order valence-electron chi connectivity index (χ4n) is 2.83. The standard InChI is InChI=1S/C25H22ClN3O5/c1-3-33-22-14-17(7-12-21(22)34-25(32)18-8-10-19(26)11-9-18)15-27-29-24(31)23(30)28-20-6-4-5-16(2)13-20/h4-15H,3H2,1-2H3,(H,28,30)(H,29,31)/b27-15-. The van der Waals surface area contributed by atoms with Crippen molar-refractivity contribution >= 4 is 41.3 Å². The minimum atomic E-state index is -0.920. The number of carbonyl (C=O) groups is 3.